The van der Waals surface area contributed by atoms with Crippen molar-refractivity contribution in [1.29, 1.82) is 0 Å². The van der Waals surface area contributed by atoms with Crippen LogP contribution in [0.25, 0.3) is 10.8 Å². The largest absolute Gasteiger partial charge is 0.330 e. The van der Waals surface area contributed by atoms with Crippen LogP contribution in [0.2, 0.25) is 5.02 Å². The zero-order chi connectivity index (χ0) is 19.3. The first-order chi connectivity index (χ1) is 13.7. The molecule has 0 saturated carbocycles. The van der Waals surface area contributed by atoms with Crippen molar-refractivity contribution in [1.82, 2.24) is 4.90 Å². The first-order valence-corrected chi connectivity index (χ1v) is 10.2. The fourth-order valence-corrected chi connectivity index (χ4v) is 4.01. The van der Waals surface area contributed by atoms with E-state index in [1.807, 2.05) is 17.0 Å². The normalized spacial score (nSPS) is 17.3. The fraction of sp³-hybridized carbons (Fsp3) is 0.261. The maximum absolute atomic E-state index is 12.6. The summed E-state index contributed by atoms with van der Waals surface area (Å²) in [7, 11) is 0. The zero-order valence-corrected chi connectivity index (χ0v) is 16.6. The molecule has 0 spiro atoms. The molecule has 1 saturated heterocycles. The predicted molar refractivity (Wildman–Crippen MR) is 115 cm³/mol. The maximum atomic E-state index is 12.6. The number of nitrogens with zero attached hydrogens (tertiary/aromatic N) is 1. The summed E-state index contributed by atoms with van der Waals surface area (Å²) >= 11 is 5.91. The zero-order valence-electron chi connectivity index (χ0n) is 15.8. The van der Waals surface area contributed by atoms with Crippen LogP contribution in [0.15, 0.2) is 66.7 Å². The molecule has 5 heteroatoms. The van der Waals surface area contributed by atoms with Crippen LogP contribution >= 0.6 is 11.6 Å². The van der Waals surface area contributed by atoms with E-state index < -0.39 is 0 Å². The number of anilines is 1. The number of benzene rings is 3. The highest BCUT2D eigenvalue weighted by molar-refractivity contribution is 6.30. The maximum Gasteiger partial charge on any atom is 0.322 e. The summed E-state index contributed by atoms with van der Waals surface area (Å²) < 4.78 is 0. The third-order valence-electron chi connectivity index (χ3n) is 5.40. The molecule has 0 aromatic heterocycles. The lowest BCUT2D eigenvalue weighted by Gasteiger charge is -2.21. The van der Waals surface area contributed by atoms with Gasteiger partial charge in [0, 0.05) is 29.2 Å². The molecule has 1 unspecified atom stereocenters. The Balaban J connectivity index is 1.38. The van der Waals surface area contributed by atoms with Gasteiger partial charge in [0.05, 0.1) is 19.6 Å². The second-order valence-electron chi connectivity index (χ2n) is 7.34. The van der Waals surface area contributed by atoms with E-state index in [4.69, 9.17) is 11.6 Å². The monoisotopic (exact) mass is 394 g/mol. The molecule has 28 heavy (non-hydrogen) atoms. The van der Waals surface area contributed by atoms with E-state index in [-0.39, 0.29) is 6.03 Å². The van der Waals surface area contributed by atoms with Crippen molar-refractivity contribution in [2.45, 2.75) is 13.0 Å². The summed E-state index contributed by atoms with van der Waals surface area (Å²) in [5.41, 5.74) is 2.16. The summed E-state index contributed by atoms with van der Waals surface area (Å²) in [6.45, 7) is 4.58. The van der Waals surface area contributed by atoms with Gasteiger partial charge in [0.2, 0.25) is 0 Å². The standard InChI is InChI=1S/C23H24ClN3O/c24-20-9-11-21(12-10-20)25-23(28)27-14-4-13-26(15-16-27)17-19-7-3-6-18-5-1-2-8-22(18)19/h1-3,5-12H,4,13-17H2,(H,25,28)/p+1. The van der Waals surface area contributed by atoms with Crippen molar-refractivity contribution in [3.63, 3.8) is 0 Å². The number of carbonyl (C=O) groups is 1. The van der Waals surface area contributed by atoms with E-state index in [0.717, 1.165) is 44.8 Å². The van der Waals surface area contributed by atoms with E-state index in [1.54, 1.807) is 12.1 Å². The van der Waals surface area contributed by atoms with E-state index >= 15 is 0 Å². The number of nitrogens with one attached hydrogen (secondary N) is 2. The lowest BCUT2D eigenvalue weighted by atomic mass is 10.0. The van der Waals surface area contributed by atoms with Crippen LogP contribution in [0.1, 0.15) is 12.0 Å². The first-order valence-electron chi connectivity index (χ1n) is 9.81. The number of rotatable bonds is 3. The molecule has 1 fully saturated rings. The number of halogens is 1. The minimum absolute atomic E-state index is 0.0336. The Morgan fingerprint density at radius 3 is 2.61 bits per heavy atom. The fourth-order valence-electron chi connectivity index (χ4n) is 3.88. The van der Waals surface area contributed by atoms with Crippen molar-refractivity contribution in [2.75, 3.05) is 31.5 Å². The Morgan fingerprint density at radius 1 is 0.964 bits per heavy atom. The van der Waals surface area contributed by atoms with Crippen LogP contribution in [0.4, 0.5) is 10.5 Å². The molecule has 0 radical (unpaired) electrons. The summed E-state index contributed by atoms with van der Waals surface area (Å²) in [6, 6.07) is 22.3. The van der Waals surface area contributed by atoms with Gasteiger partial charge in [0.15, 0.2) is 0 Å². The molecule has 2 amide bonds. The van der Waals surface area contributed by atoms with Gasteiger partial charge in [0.1, 0.15) is 6.54 Å². The van der Waals surface area contributed by atoms with Gasteiger partial charge in [-0.05, 0) is 35.0 Å². The first kappa shape index (κ1) is 18.8. The van der Waals surface area contributed by atoms with Crippen LogP contribution in [0.5, 0.6) is 0 Å². The minimum atomic E-state index is -0.0336. The Bertz CT molecular complexity index is 952. The number of fused-ring (bicyclic) bond motifs is 1. The molecule has 1 heterocycles. The molecular formula is C23H25ClN3O+. The van der Waals surface area contributed by atoms with Gasteiger partial charge >= 0.3 is 6.03 Å². The Kier molecular flexibility index (Phi) is 5.79. The highest BCUT2D eigenvalue weighted by atomic mass is 35.5. The van der Waals surface area contributed by atoms with Crippen molar-refractivity contribution < 1.29 is 9.69 Å². The second-order valence-corrected chi connectivity index (χ2v) is 7.78. The van der Waals surface area contributed by atoms with Crippen LogP contribution in [0, 0.1) is 0 Å². The van der Waals surface area contributed by atoms with Crippen molar-refractivity contribution in [3.8, 4) is 0 Å². The predicted octanol–water partition coefficient (Wildman–Crippen LogP) is 3.82. The molecule has 0 aliphatic carbocycles. The Hall–Kier alpha value is -2.56. The molecule has 1 aliphatic rings. The lowest BCUT2D eigenvalue weighted by molar-refractivity contribution is -0.911. The molecule has 0 bridgehead atoms. The quantitative estimate of drug-likeness (QED) is 0.696. The number of amides is 2. The molecule has 144 valence electrons. The lowest BCUT2D eigenvalue weighted by Crippen LogP contribution is -3.11. The van der Waals surface area contributed by atoms with Gasteiger partial charge in [-0.2, -0.15) is 0 Å². The van der Waals surface area contributed by atoms with E-state index in [9.17, 15) is 4.79 Å². The summed E-state index contributed by atoms with van der Waals surface area (Å²) in [5.74, 6) is 0. The van der Waals surface area contributed by atoms with Gasteiger partial charge in [-0.1, -0.05) is 54.1 Å². The number of quaternary nitrogens is 1. The third-order valence-corrected chi connectivity index (χ3v) is 5.65. The van der Waals surface area contributed by atoms with E-state index in [1.165, 1.54) is 21.2 Å². The highest BCUT2D eigenvalue weighted by Gasteiger charge is 2.22. The summed E-state index contributed by atoms with van der Waals surface area (Å²) in [6.07, 6.45) is 1.01. The van der Waals surface area contributed by atoms with Crippen LogP contribution in [-0.4, -0.2) is 37.1 Å². The van der Waals surface area contributed by atoms with Crippen molar-refractivity contribution in [3.05, 3.63) is 77.3 Å². The smallest absolute Gasteiger partial charge is 0.322 e. The SMILES string of the molecule is O=C(Nc1ccc(Cl)cc1)N1CCC[NH+](Cc2cccc3ccccc23)CC1. The van der Waals surface area contributed by atoms with Gasteiger partial charge in [-0.15, -0.1) is 0 Å². The second kappa shape index (κ2) is 8.63. The molecule has 4 nitrogen and oxygen atoms in total. The average Bonchev–Trinajstić information content (AvgIpc) is 2.96. The highest BCUT2D eigenvalue weighted by Crippen LogP contribution is 2.18. The van der Waals surface area contributed by atoms with Gasteiger partial charge < -0.3 is 15.1 Å². The molecule has 1 atom stereocenters. The molecule has 2 N–H and O–H groups in total. The molecule has 3 aromatic carbocycles. The molecular weight excluding hydrogens is 370 g/mol. The van der Waals surface area contributed by atoms with Crippen molar-refractivity contribution >= 4 is 34.1 Å². The van der Waals surface area contributed by atoms with E-state index in [0.29, 0.717) is 5.02 Å². The number of hydrogen-bond donors (Lipinski definition) is 2. The van der Waals surface area contributed by atoms with Gasteiger partial charge in [-0.3, -0.25) is 0 Å². The molecule has 1 aliphatic heterocycles. The van der Waals surface area contributed by atoms with Gasteiger partial charge in [0.25, 0.3) is 0 Å². The topological polar surface area (TPSA) is 36.8 Å². The number of carbonyl (C=O) groups excluding carboxylic acids is 1. The van der Waals surface area contributed by atoms with Crippen LogP contribution < -0.4 is 10.2 Å². The minimum Gasteiger partial charge on any atom is -0.330 e. The van der Waals surface area contributed by atoms with Crippen molar-refractivity contribution in [2.24, 2.45) is 0 Å². The average molecular weight is 395 g/mol. The third kappa shape index (κ3) is 4.46. The number of hydrogen-bond acceptors (Lipinski definition) is 1. The number of urea groups is 1. The van der Waals surface area contributed by atoms with Crippen LogP contribution in [0.3, 0.4) is 0 Å². The molecule has 3 aromatic rings. The van der Waals surface area contributed by atoms with E-state index in [2.05, 4.69) is 47.8 Å². The Labute approximate surface area is 170 Å². The Morgan fingerprint density at radius 2 is 1.75 bits per heavy atom. The summed E-state index contributed by atoms with van der Waals surface area (Å²) in [5, 5.41) is 6.26. The van der Waals surface area contributed by atoms with Crippen LogP contribution in [-0.2, 0) is 6.54 Å². The molecule has 4 rings (SSSR count). The summed E-state index contributed by atoms with van der Waals surface area (Å²) in [4.78, 5) is 16.1. The van der Waals surface area contributed by atoms with Gasteiger partial charge in [-0.25, -0.2) is 4.79 Å².